The number of aromatic nitrogens is 2. The topological polar surface area (TPSA) is 17.8 Å². The van der Waals surface area contributed by atoms with E-state index in [1.165, 1.54) is 6.07 Å². The lowest BCUT2D eigenvalue weighted by Crippen LogP contribution is -1.99. The Morgan fingerprint density at radius 3 is 2.62 bits per heavy atom. The van der Waals surface area contributed by atoms with E-state index in [-0.39, 0.29) is 5.82 Å². The molecule has 0 N–H and O–H groups in total. The van der Waals surface area contributed by atoms with Crippen LogP contribution in [0.3, 0.4) is 0 Å². The minimum Gasteiger partial charge on any atom is -0.270 e. The molecule has 84 valence electrons. The van der Waals surface area contributed by atoms with E-state index in [1.807, 2.05) is 10.9 Å². The third-order valence-corrected chi connectivity index (χ3v) is 2.99. The Bertz CT molecular complexity index is 505. The Morgan fingerprint density at radius 2 is 2.06 bits per heavy atom. The van der Waals surface area contributed by atoms with Crippen LogP contribution in [0.2, 0.25) is 0 Å². The zero-order valence-corrected chi connectivity index (χ0v) is 10.7. The Labute approximate surface area is 102 Å². The highest BCUT2D eigenvalue weighted by Crippen LogP contribution is 2.25. The number of benzene rings is 1. The standard InChI is InChI=1S/C12H12BrFN2/c1-8(2)16-7-10(6-15-16)9-3-4-12(14)11(13)5-9/h3-8H,1-2H3. The highest BCUT2D eigenvalue weighted by atomic mass is 79.9. The van der Waals surface area contributed by atoms with Crippen molar-refractivity contribution >= 4 is 15.9 Å². The second kappa shape index (κ2) is 4.37. The fourth-order valence-corrected chi connectivity index (χ4v) is 1.82. The number of rotatable bonds is 2. The molecule has 2 aromatic rings. The Hall–Kier alpha value is -1.16. The van der Waals surface area contributed by atoms with Gasteiger partial charge in [-0.2, -0.15) is 5.10 Å². The summed E-state index contributed by atoms with van der Waals surface area (Å²) in [6.45, 7) is 4.13. The maximum atomic E-state index is 13.1. The zero-order chi connectivity index (χ0) is 11.7. The van der Waals surface area contributed by atoms with Crippen molar-refractivity contribution in [3.05, 3.63) is 40.9 Å². The molecule has 0 aliphatic rings. The predicted octanol–water partition coefficient (Wildman–Crippen LogP) is 4.03. The van der Waals surface area contributed by atoms with Crippen molar-refractivity contribution in [3.8, 4) is 11.1 Å². The first-order chi connectivity index (χ1) is 7.58. The van der Waals surface area contributed by atoms with Crippen molar-refractivity contribution in [3.63, 3.8) is 0 Å². The average Bonchev–Trinajstić information content (AvgIpc) is 2.71. The molecule has 0 atom stereocenters. The van der Waals surface area contributed by atoms with Crippen molar-refractivity contribution in [1.29, 1.82) is 0 Å². The van der Waals surface area contributed by atoms with Crippen LogP contribution in [0.1, 0.15) is 19.9 Å². The van der Waals surface area contributed by atoms with Crippen LogP contribution in [0.4, 0.5) is 4.39 Å². The number of halogens is 2. The minimum atomic E-state index is -0.250. The number of hydrogen-bond donors (Lipinski definition) is 0. The smallest absolute Gasteiger partial charge is 0.137 e. The molecular formula is C12H12BrFN2. The molecule has 0 radical (unpaired) electrons. The molecule has 4 heteroatoms. The summed E-state index contributed by atoms with van der Waals surface area (Å²) in [6, 6.07) is 5.29. The van der Waals surface area contributed by atoms with Crippen LogP contribution in [0.5, 0.6) is 0 Å². The highest BCUT2D eigenvalue weighted by Gasteiger charge is 2.06. The van der Waals surface area contributed by atoms with Gasteiger partial charge >= 0.3 is 0 Å². The van der Waals surface area contributed by atoms with Gasteiger partial charge in [-0.3, -0.25) is 4.68 Å². The molecule has 2 rings (SSSR count). The van der Waals surface area contributed by atoms with Crippen LogP contribution in [-0.4, -0.2) is 9.78 Å². The summed E-state index contributed by atoms with van der Waals surface area (Å²) in [7, 11) is 0. The Kier molecular flexibility index (Phi) is 3.10. The van der Waals surface area contributed by atoms with Gasteiger partial charge in [-0.05, 0) is 47.5 Å². The van der Waals surface area contributed by atoms with Crippen molar-refractivity contribution < 1.29 is 4.39 Å². The summed E-state index contributed by atoms with van der Waals surface area (Å²) in [5, 5.41) is 4.25. The Balaban J connectivity index is 2.39. The van der Waals surface area contributed by atoms with Crippen LogP contribution in [0, 0.1) is 5.82 Å². The molecule has 0 bridgehead atoms. The molecule has 1 aromatic heterocycles. The first-order valence-corrected chi connectivity index (χ1v) is 5.87. The molecule has 0 aliphatic heterocycles. The van der Waals surface area contributed by atoms with Crippen LogP contribution < -0.4 is 0 Å². The molecule has 0 unspecified atom stereocenters. The van der Waals surface area contributed by atoms with E-state index in [0.717, 1.165) is 11.1 Å². The fourth-order valence-electron chi connectivity index (χ4n) is 1.45. The summed E-state index contributed by atoms with van der Waals surface area (Å²) in [5.74, 6) is -0.250. The van der Waals surface area contributed by atoms with E-state index < -0.39 is 0 Å². The Morgan fingerprint density at radius 1 is 1.31 bits per heavy atom. The molecule has 0 saturated heterocycles. The van der Waals surface area contributed by atoms with E-state index in [1.54, 1.807) is 18.3 Å². The maximum absolute atomic E-state index is 13.1. The summed E-state index contributed by atoms with van der Waals surface area (Å²) in [5.41, 5.74) is 1.95. The van der Waals surface area contributed by atoms with Gasteiger partial charge in [0, 0.05) is 17.8 Å². The lowest BCUT2D eigenvalue weighted by Gasteiger charge is -2.03. The van der Waals surface area contributed by atoms with Crippen molar-refractivity contribution in [2.75, 3.05) is 0 Å². The minimum absolute atomic E-state index is 0.250. The van der Waals surface area contributed by atoms with Gasteiger partial charge < -0.3 is 0 Å². The molecular weight excluding hydrogens is 271 g/mol. The predicted molar refractivity (Wildman–Crippen MR) is 65.7 cm³/mol. The second-order valence-corrected chi connectivity index (χ2v) is 4.79. The van der Waals surface area contributed by atoms with Gasteiger partial charge in [0.2, 0.25) is 0 Å². The molecule has 0 aliphatic carbocycles. The molecule has 2 nitrogen and oxygen atoms in total. The summed E-state index contributed by atoms with van der Waals surface area (Å²) < 4.78 is 15.4. The van der Waals surface area contributed by atoms with Gasteiger partial charge in [0.1, 0.15) is 5.82 Å². The van der Waals surface area contributed by atoms with Crippen LogP contribution in [-0.2, 0) is 0 Å². The van der Waals surface area contributed by atoms with Crippen molar-refractivity contribution in [2.24, 2.45) is 0 Å². The largest absolute Gasteiger partial charge is 0.270 e. The van der Waals surface area contributed by atoms with E-state index >= 15 is 0 Å². The third-order valence-electron chi connectivity index (χ3n) is 2.38. The molecule has 0 saturated carbocycles. The van der Waals surface area contributed by atoms with Gasteiger partial charge in [-0.25, -0.2) is 4.39 Å². The van der Waals surface area contributed by atoms with Crippen LogP contribution in [0.15, 0.2) is 35.1 Å². The second-order valence-electron chi connectivity index (χ2n) is 3.93. The molecule has 0 spiro atoms. The molecule has 16 heavy (non-hydrogen) atoms. The van der Waals surface area contributed by atoms with Crippen molar-refractivity contribution in [2.45, 2.75) is 19.9 Å². The van der Waals surface area contributed by atoms with E-state index in [2.05, 4.69) is 34.9 Å². The first-order valence-electron chi connectivity index (χ1n) is 5.07. The molecule has 0 fully saturated rings. The average molecular weight is 283 g/mol. The van der Waals surface area contributed by atoms with E-state index in [9.17, 15) is 4.39 Å². The molecule has 1 aromatic carbocycles. The van der Waals surface area contributed by atoms with Gasteiger partial charge in [0.05, 0.1) is 10.7 Å². The SMILES string of the molecule is CC(C)n1cc(-c2ccc(F)c(Br)c2)cn1. The first kappa shape index (κ1) is 11.3. The summed E-state index contributed by atoms with van der Waals surface area (Å²) >= 11 is 3.18. The quantitative estimate of drug-likeness (QED) is 0.813. The van der Waals surface area contributed by atoms with Gasteiger partial charge in [0.15, 0.2) is 0 Å². The monoisotopic (exact) mass is 282 g/mol. The highest BCUT2D eigenvalue weighted by molar-refractivity contribution is 9.10. The lowest BCUT2D eigenvalue weighted by molar-refractivity contribution is 0.532. The lowest BCUT2D eigenvalue weighted by atomic mass is 10.1. The summed E-state index contributed by atoms with van der Waals surface area (Å²) in [6.07, 6.45) is 3.75. The number of hydrogen-bond acceptors (Lipinski definition) is 1. The van der Waals surface area contributed by atoms with Gasteiger partial charge in [-0.1, -0.05) is 6.07 Å². The van der Waals surface area contributed by atoms with E-state index in [4.69, 9.17) is 0 Å². The van der Waals surface area contributed by atoms with Crippen LogP contribution in [0.25, 0.3) is 11.1 Å². The van der Waals surface area contributed by atoms with Gasteiger partial charge in [-0.15, -0.1) is 0 Å². The van der Waals surface area contributed by atoms with Crippen LogP contribution >= 0.6 is 15.9 Å². The fraction of sp³-hybridized carbons (Fsp3) is 0.250. The van der Waals surface area contributed by atoms with Gasteiger partial charge in [0.25, 0.3) is 0 Å². The zero-order valence-electron chi connectivity index (χ0n) is 9.11. The molecule has 0 amide bonds. The molecule has 1 heterocycles. The number of nitrogens with zero attached hydrogens (tertiary/aromatic N) is 2. The van der Waals surface area contributed by atoms with E-state index in [0.29, 0.717) is 10.5 Å². The normalized spacial score (nSPS) is 11.1. The third kappa shape index (κ3) is 2.16. The summed E-state index contributed by atoms with van der Waals surface area (Å²) in [4.78, 5) is 0. The van der Waals surface area contributed by atoms with Crippen molar-refractivity contribution in [1.82, 2.24) is 9.78 Å². The maximum Gasteiger partial charge on any atom is 0.137 e.